The van der Waals surface area contributed by atoms with E-state index in [0.29, 0.717) is 23.4 Å². The van der Waals surface area contributed by atoms with E-state index in [1.165, 1.54) is 30.5 Å². The third-order valence-electron chi connectivity index (χ3n) is 5.11. The Morgan fingerprint density at radius 1 is 1.23 bits per heavy atom. The lowest BCUT2D eigenvalue weighted by Gasteiger charge is -2.18. The van der Waals surface area contributed by atoms with Crippen molar-refractivity contribution in [1.29, 1.82) is 0 Å². The van der Waals surface area contributed by atoms with Gasteiger partial charge in [-0.05, 0) is 73.4 Å². The summed E-state index contributed by atoms with van der Waals surface area (Å²) in [5.41, 5.74) is 9.84. The predicted octanol–water partition coefficient (Wildman–Crippen LogP) is 5.31. The van der Waals surface area contributed by atoms with E-state index in [2.05, 4.69) is 28.3 Å². The van der Waals surface area contributed by atoms with Crippen LogP contribution in [0.15, 0.2) is 36.4 Å². The lowest BCUT2D eigenvalue weighted by molar-refractivity contribution is 0.591. The number of hydrogen-bond donors (Lipinski definition) is 2. The van der Waals surface area contributed by atoms with Crippen molar-refractivity contribution < 1.29 is 4.39 Å². The molecule has 4 rings (SSSR count). The zero-order chi connectivity index (χ0) is 18.3. The van der Waals surface area contributed by atoms with Crippen molar-refractivity contribution in [2.24, 2.45) is 5.92 Å². The van der Waals surface area contributed by atoms with E-state index in [0.717, 1.165) is 28.8 Å². The number of halogens is 1. The van der Waals surface area contributed by atoms with Gasteiger partial charge in [0.1, 0.15) is 11.6 Å². The van der Waals surface area contributed by atoms with Crippen molar-refractivity contribution in [2.75, 3.05) is 11.1 Å². The highest BCUT2D eigenvalue weighted by molar-refractivity contribution is 5.92. The molecule has 0 saturated heterocycles. The van der Waals surface area contributed by atoms with Gasteiger partial charge >= 0.3 is 0 Å². The monoisotopic (exact) mass is 350 g/mol. The van der Waals surface area contributed by atoms with E-state index in [1.54, 1.807) is 0 Å². The number of nitrogens with one attached hydrogen (secondary N) is 1. The number of anilines is 3. The molecule has 1 saturated carbocycles. The Bertz CT molecular complexity index is 945. The van der Waals surface area contributed by atoms with Gasteiger partial charge < -0.3 is 11.1 Å². The molecule has 3 N–H and O–H groups in total. The first kappa shape index (κ1) is 16.8. The van der Waals surface area contributed by atoms with Crippen molar-refractivity contribution in [3.63, 3.8) is 0 Å². The summed E-state index contributed by atoms with van der Waals surface area (Å²) in [5.74, 6) is 1.82. The van der Waals surface area contributed by atoms with Crippen LogP contribution in [0.1, 0.15) is 43.2 Å². The van der Waals surface area contributed by atoms with Crippen molar-refractivity contribution in [3.8, 4) is 0 Å². The van der Waals surface area contributed by atoms with Gasteiger partial charge in [-0.1, -0.05) is 19.1 Å². The minimum absolute atomic E-state index is 0.293. The maximum atomic E-state index is 13.6. The highest BCUT2D eigenvalue weighted by atomic mass is 19.1. The molecular formula is C21H23FN4. The number of fused-ring (bicyclic) bond motifs is 1. The molecule has 0 aliphatic heterocycles. The van der Waals surface area contributed by atoms with Crippen molar-refractivity contribution in [3.05, 3.63) is 53.3 Å². The van der Waals surface area contributed by atoms with Crippen LogP contribution in [0.3, 0.4) is 0 Å². The fourth-order valence-electron chi connectivity index (χ4n) is 3.85. The van der Waals surface area contributed by atoms with E-state index in [-0.39, 0.29) is 5.82 Å². The maximum Gasteiger partial charge on any atom is 0.229 e. The second-order valence-electron chi connectivity index (χ2n) is 7.17. The van der Waals surface area contributed by atoms with Gasteiger partial charge in [0.15, 0.2) is 0 Å². The number of rotatable bonds is 5. The molecule has 0 amide bonds. The Kier molecular flexibility index (Phi) is 4.23. The van der Waals surface area contributed by atoms with E-state index in [4.69, 9.17) is 5.73 Å². The number of nitrogens with zero attached hydrogens (tertiary/aromatic N) is 2. The van der Waals surface area contributed by atoms with Crippen molar-refractivity contribution in [1.82, 2.24) is 9.97 Å². The minimum Gasteiger partial charge on any atom is -0.383 e. The molecule has 26 heavy (non-hydrogen) atoms. The summed E-state index contributed by atoms with van der Waals surface area (Å²) in [7, 11) is 0. The summed E-state index contributed by atoms with van der Waals surface area (Å²) in [4.78, 5) is 9.07. The smallest absolute Gasteiger partial charge is 0.229 e. The molecule has 1 atom stereocenters. The summed E-state index contributed by atoms with van der Waals surface area (Å²) in [6.45, 7) is 4.07. The standard InChI is InChI=1S/C21H23FN4/c1-3-16(13-7-8-13)17-5-4-6-18-19(17)20(23)26-21(25-18)24-15-10-12(2)9-14(22)11-15/h4-6,9-11,13,16H,3,7-8H2,1-2H3,(H3,23,24,25,26). The van der Waals surface area contributed by atoms with Gasteiger partial charge in [0.05, 0.1) is 5.52 Å². The van der Waals surface area contributed by atoms with Crippen LogP contribution < -0.4 is 11.1 Å². The topological polar surface area (TPSA) is 63.8 Å². The summed E-state index contributed by atoms with van der Waals surface area (Å²) in [6.07, 6.45) is 3.66. The molecule has 0 bridgehead atoms. The molecule has 3 aromatic rings. The first-order valence-electron chi connectivity index (χ1n) is 9.15. The Balaban J connectivity index is 1.75. The lowest BCUT2D eigenvalue weighted by atomic mass is 9.89. The zero-order valence-corrected chi connectivity index (χ0v) is 15.1. The second-order valence-corrected chi connectivity index (χ2v) is 7.17. The van der Waals surface area contributed by atoms with Crippen LogP contribution in [0, 0.1) is 18.7 Å². The molecule has 1 aromatic heterocycles. The van der Waals surface area contributed by atoms with Crippen LogP contribution in [0.2, 0.25) is 0 Å². The molecule has 1 aliphatic rings. The van der Waals surface area contributed by atoms with E-state index in [1.807, 2.05) is 25.1 Å². The molecular weight excluding hydrogens is 327 g/mol. The Labute approximate surface area is 152 Å². The summed E-state index contributed by atoms with van der Waals surface area (Å²) in [5, 5.41) is 4.03. The van der Waals surface area contributed by atoms with Crippen LogP contribution in [0.25, 0.3) is 10.9 Å². The number of aryl methyl sites for hydroxylation is 1. The molecule has 1 aliphatic carbocycles. The summed E-state index contributed by atoms with van der Waals surface area (Å²) < 4.78 is 13.6. The quantitative estimate of drug-likeness (QED) is 0.655. The molecule has 1 unspecified atom stereocenters. The third-order valence-corrected chi connectivity index (χ3v) is 5.11. The molecule has 0 spiro atoms. The normalized spacial score (nSPS) is 15.2. The molecule has 5 heteroatoms. The highest BCUT2D eigenvalue weighted by Gasteiger charge is 2.32. The fourth-order valence-corrected chi connectivity index (χ4v) is 3.85. The largest absolute Gasteiger partial charge is 0.383 e. The van der Waals surface area contributed by atoms with Crippen LogP contribution in [0.4, 0.5) is 21.8 Å². The predicted molar refractivity (Wildman–Crippen MR) is 104 cm³/mol. The first-order chi connectivity index (χ1) is 12.5. The summed E-state index contributed by atoms with van der Waals surface area (Å²) in [6, 6.07) is 10.9. The van der Waals surface area contributed by atoms with E-state index >= 15 is 0 Å². The van der Waals surface area contributed by atoms with Gasteiger partial charge in [0, 0.05) is 11.1 Å². The van der Waals surface area contributed by atoms with Crippen LogP contribution in [-0.2, 0) is 0 Å². The Morgan fingerprint density at radius 2 is 2.04 bits per heavy atom. The summed E-state index contributed by atoms with van der Waals surface area (Å²) >= 11 is 0. The van der Waals surface area contributed by atoms with Crippen LogP contribution >= 0.6 is 0 Å². The molecule has 134 valence electrons. The maximum absolute atomic E-state index is 13.6. The number of nitrogens with two attached hydrogens (primary N) is 1. The third kappa shape index (κ3) is 3.21. The number of benzene rings is 2. The molecule has 0 radical (unpaired) electrons. The Hall–Kier alpha value is -2.69. The van der Waals surface area contributed by atoms with Gasteiger partial charge in [-0.25, -0.2) is 9.37 Å². The average Bonchev–Trinajstić information content (AvgIpc) is 3.39. The SMILES string of the molecule is CCC(c1cccc2nc(Nc3cc(C)cc(F)c3)nc(N)c12)C1CC1. The molecule has 2 aromatic carbocycles. The van der Waals surface area contributed by atoms with Gasteiger partial charge in [0.2, 0.25) is 5.95 Å². The Morgan fingerprint density at radius 3 is 2.73 bits per heavy atom. The number of nitrogen functional groups attached to an aromatic ring is 1. The molecule has 1 fully saturated rings. The van der Waals surface area contributed by atoms with Gasteiger partial charge in [0.25, 0.3) is 0 Å². The number of aromatic nitrogens is 2. The number of hydrogen-bond acceptors (Lipinski definition) is 4. The second kappa shape index (κ2) is 6.56. The van der Waals surface area contributed by atoms with Gasteiger partial charge in [-0.15, -0.1) is 0 Å². The van der Waals surface area contributed by atoms with Crippen LogP contribution in [0.5, 0.6) is 0 Å². The van der Waals surface area contributed by atoms with Gasteiger partial charge in [-0.2, -0.15) is 4.98 Å². The minimum atomic E-state index is -0.293. The highest BCUT2D eigenvalue weighted by Crippen LogP contribution is 2.46. The zero-order valence-electron chi connectivity index (χ0n) is 15.1. The van der Waals surface area contributed by atoms with Crippen molar-refractivity contribution in [2.45, 2.75) is 39.0 Å². The van der Waals surface area contributed by atoms with E-state index < -0.39 is 0 Å². The lowest BCUT2D eigenvalue weighted by Crippen LogP contribution is -2.06. The molecule has 4 nitrogen and oxygen atoms in total. The van der Waals surface area contributed by atoms with Gasteiger partial charge in [-0.3, -0.25) is 0 Å². The van der Waals surface area contributed by atoms with Crippen LogP contribution in [-0.4, -0.2) is 9.97 Å². The first-order valence-corrected chi connectivity index (χ1v) is 9.15. The molecule has 1 heterocycles. The average molecular weight is 350 g/mol. The fraction of sp³-hybridized carbons (Fsp3) is 0.333. The van der Waals surface area contributed by atoms with E-state index in [9.17, 15) is 4.39 Å². The van der Waals surface area contributed by atoms with Crippen molar-refractivity contribution >= 4 is 28.4 Å².